The van der Waals surface area contributed by atoms with Gasteiger partial charge in [-0.15, -0.1) is 0 Å². The van der Waals surface area contributed by atoms with E-state index in [-0.39, 0.29) is 6.42 Å². The molecule has 1 aromatic carbocycles. The summed E-state index contributed by atoms with van der Waals surface area (Å²) in [5.41, 5.74) is 2.58. The van der Waals surface area contributed by atoms with Gasteiger partial charge in [-0.05, 0) is 13.3 Å². The highest BCUT2D eigenvalue weighted by atomic mass is 19.2. The van der Waals surface area contributed by atoms with Crippen molar-refractivity contribution in [2.24, 2.45) is 5.73 Å². The molecule has 106 valence electrons. The van der Waals surface area contributed by atoms with Gasteiger partial charge in [0.1, 0.15) is 5.69 Å². The van der Waals surface area contributed by atoms with Crippen molar-refractivity contribution < 1.29 is 26.7 Å². The van der Waals surface area contributed by atoms with E-state index in [9.17, 15) is 26.7 Å². The molecule has 0 heterocycles. The fourth-order valence-corrected chi connectivity index (χ4v) is 1.13. The lowest BCUT2D eigenvalue weighted by atomic mass is 9.99. The summed E-state index contributed by atoms with van der Waals surface area (Å²) in [4.78, 5) is 11.6. The third kappa shape index (κ3) is 2.67. The fourth-order valence-electron chi connectivity index (χ4n) is 1.13. The lowest BCUT2D eigenvalue weighted by Gasteiger charge is -2.22. The molecule has 0 saturated carbocycles. The molecular formula is C11H11F5N2O. The minimum atomic E-state index is -2.29. The summed E-state index contributed by atoms with van der Waals surface area (Å²) in [5.74, 6) is -11.8. The summed E-state index contributed by atoms with van der Waals surface area (Å²) < 4.78 is 65.1. The first-order chi connectivity index (χ1) is 8.63. The van der Waals surface area contributed by atoms with Gasteiger partial charge in [-0.25, -0.2) is 22.0 Å². The minimum absolute atomic E-state index is 0.105. The van der Waals surface area contributed by atoms with E-state index in [1.54, 1.807) is 5.32 Å². The zero-order valence-electron chi connectivity index (χ0n) is 10.1. The minimum Gasteiger partial charge on any atom is -0.319 e. The van der Waals surface area contributed by atoms with Gasteiger partial charge in [0.15, 0.2) is 23.3 Å². The number of anilines is 1. The van der Waals surface area contributed by atoms with Crippen molar-refractivity contribution in [2.75, 3.05) is 5.32 Å². The SMILES string of the molecule is CCC(C)(N)C(=O)Nc1c(F)c(F)c(F)c(F)c1F. The van der Waals surface area contributed by atoms with Gasteiger partial charge >= 0.3 is 0 Å². The van der Waals surface area contributed by atoms with Crippen LogP contribution >= 0.6 is 0 Å². The maximum Gasteiger partial charge on any atom is 0.244 e. The van der Waals surface area contributed by atoms with Crippen molar-refractivity contribution in [3.63, 3.8) is 0 Å². The van der Waals surface area contributed by atoms with Gasteiger partial charge in [-0.1, -0.05) is 6.92 Å². The Morgan fingerprint density at radius 2 is 1.42 bits per heavy atom. The number of hydrogen-bond acceptors (Lipinski definition) is 2. The highest BCUT2D eigenvalue weighted by Gasteiger charge is 2.31. The summed E-state index contributed by atoms with van der Waals surface area (Å²) in [5, 5.41) is 1.62. The van der Waals surface area contributed by atoms with Crippen LogP contribution in [0.25, 0.3) is 0 Å². The monoisotopic (exact) mass is 282 g/mol. The molecule has 0 aliphatic rings. The lowest BCUT2D eigenvalue weighted by Crippen LogP contribution is -2.48. The van der Waals surface area contributed by atoms with Crippen LogP contribution in [0.2, 0.25) is 0 Å². The molecule has 0 aliphatic heterocycles. The molecule has 1 aromatic rings. The molecule has 19 heavy (non-hydrogen) atoms. The Labute approximate surface area is 105 Å². The van der Waals surface area contributed by atoms with Crippen molar-refractivity contribution >= 4 is 11.6 Å². The summed E-state index contributed by atoms with van der Waals surface area (Å²) in [6.07, 6.45) is 0.105. The van der Waals surface area contributed by atoms with Crippen molar-refractivity contribution in [1.82, 2.24) is 0 Å². The van der Waals surface area contributed by atoms with Crippen LogP contribution in [0.4, 0.5) is 27.6 Å². The maximum atomic E-state index is 13.3. The highest BCUT2D eigenvalue weighted by molar-refractivity contribution is 5.97. The van der Waals surface area contributed by atoms with E-state index in [1.165, 1.54) is 13.8 Å². The zero-order valence-corrected chi connectivity index (χ0v) is 10.1. The second-order valence-electron chi connectivity index (χ2n) is 4.17. The van der Waals surface area contributed by atoms with Crippen molar-refractivity contribution in [3.8, 4) is 0 Å². The predicted molar refractivity (Wildman–Crippen MR) is 57.7 cm³/mol. The number of rotatable bonds is 3. The third-order valence-corrected chi connectivity index (χ3v) is 2.70. The van der Waals surface area contributed by atoms with Gasteiger partial charge < -0.3 is 11.1 Å². The first kappa shape index (κ1) is 15.4. The van der Waals surface area contributed by atoms with Crippen molar-refractivity contribution in [3.05, 3.63) is 29.1 Å². The number of halogens is 5. The summed E-state index contributed by atoms with van der Waals surface area (Å²) >= 11 is 0. The molecule has 1 unspecified atom stereocenters. The Hall–Kier alpha value is -1.70. The summed E-state index contributed by atoms with van der Waals surface area (Å²) in [6, 6.07) is 0. The molecule has 8 heteroatoms. The van der Waals surface area contributed by atoms with Gasteiger partial charge in [0.25, 0.3) is 0 Å². The fraction of sp³-hybridized carbons (Fsp3) is 0.364. The Kier molecular flexibility index (Phi) is 4.14. The predicted octanol–water partition coefficient (Wildman–Crippen LogP) is 2.45. The van der Waals surface area contributed by atoms with E-state index in [0.29, 0.717) is 0 Å². The molecule has 0 bridgehead atoms. The number of nitrogens with two attached hydrogens (primary N) is 1. The number of amides is 1. The molecule has 0 fully saturated rings. The van der Waals surface area contributed by atoms with Crippen LogP contribution in [0.5, 0.6) is 0 Å². The molecule has 1 rings (SSSR count). The quantitative estimate of drug-likeness (QED) is 0.508. The molecule has 1 amide bonds. The molecule has 0 aromatic heterocycles. The maximum absolute atomic E-state index is 13.3. The Morgan fingerprint density at radius 1 is 1.05 bits per heavy atom. The third-order valence-electron chi connectivity index (χ3n) is 2.70. The van der Waals surface area contributed by atoms with Crippen molar-refractivity contribution in [2.45, 2.75) is 25.8 Å². The second kappa shape index (κ2) is 5.12. The second-order valence-corrected chi connectivity index (χ2v) is 4.17. The van der Waals surface area contributed by atoms with Gasteiger partial charge in [0.05, 0.1) is 5.54 Å². The Morgan fingerprint density at radius 3 is 1.79 bits per heavy atom. The molecule has 3 nitrogen and oxygen atoms in total. The Bertz CT molecular complexity index is 501. The van der Waals surface area contributed by atoms with Gasteiger partial charge in [-0.3, -0.25) is 4.79 Å². The average molecular weight is 282 g/mol. The first-order valence-electron chi connectivity index (χ1n) is 5.25. The summed E-state index contributed by atoms with van der Waals surface area (Å²) in [7, 11) is 0. The number of benzene rings is 1. The first-order valence-corrected chi connectivity index (χ1v) is 5.25. The standard InChI is InChI=1S/C11H11F5N2O/c1-3-11(2,17)10(19)18-9-7(15)5(13)4(12)6(14)8(9)16/h3,17H2,1-2H3,(H,18,19). The van der Waals surface area contributed by atoms with Crippen LogP contribution in [0.1, 0.15) is 20.3 Å². The average Bonchev–Trinajstić information content (AvgIpc) is 2.38. The van der Waals surface area contributed by atoms with Gasteiger partial charge in [-0.2, -0.15) is 0 Å². The van der Waals surface area contributed by atoms with Gasteiger partial charge in [0.2, 0.25) is 11.7 Å². The number of carbonyl (C=O) groups is 1. The smallest absolute Gasteiger partial charge is 0.244 e. The van der Waals surface area contributed by atoms with E-state index in [4.69, 9.17) is 5.73 Å². The zero-order chi connectivity index (χ0) is 15.0. The lowest BCUT2D eigenvalue weighted by molar-refractivity contribution is -0.120. The summed E-state index contributed by atoms with van der Waals surface area (Å²) in [6.45, 7) is 2.78. The van der Waals surface area contributed by atoms with Crippen LogP contribution in [-0.4, -0.2) is 11.4 Å². The molecule has 0 saturated heterocycles. The number of nitrogens with one attached hydrogen (secondary N) is 1. The Balaban J connectivity index is 3.27. The molecule has 0 radical (unpaired) electrons. The van der Waals surface area contributed by atoms with E-state index < -0.39 is 46.2 Å². The van der Waals surface area contributed by atoms with E-state index in [1.807, 2.05) is 0 Å². The van der Waals surface area contributed by atoms with Crippen LogP contribution in [-0.2, 0) is 4.79 Å². The van der Waals surface area contributed by atoms with Crippen LogP contribution in [0, 0.1) is 29.1 Å². The number of carbonyl (C=O) groups excluding carboxylic acids is 1. The van der Waals surface area contributed by atoms with E-state index in [2.05, 4.69) is 0 Å². The topological polar surface area (TPSA) is 55.1 Å². The molecule has 3 N–H and O–H groups in total. The highest BCUT2D eigenvalue weighted by Crippen LogP contribution is 2.27. The largest absolute Gasteiger partial charge is 0.319 e. The molecular weight excluding hydrogens is 271 g/mol. The van der Waals surface area contributed by atoms with Crippen LogP contribution < -0.4 is 11.1 Å². The molecule has 1 atom stereocenters. The van der Waals surface area contributed by atoms with Gasteiger partial charge in [0, 0.05) is 0 Å². The van der Waals surface area contributed by atoms with E-state index in [0.717, 1.165) is 0 Å². The normalized spacial score (nSPS) is 14.1. The number of hydrogen-bond donors (Lipinski definition) is 2. The van der Waals surface area contributed by atoms with E-state index >= 15 is 0 Å². The molecule has 0 aliphatic carbocycles. The molecule has 0 spiro atoms. The van der Waals surface area contributed by atoms with Crippen molar-refractivity contribution in [1.29, 1.82) is 0 Å². The van der Waals surface area contributed by atoms with Crippen LogP contribution in [0.3, 0.4) is 0 Å². The van der Waals surface area contributed by atoms with Crippen LogP contribution in [0.15, 0.2) is 0 Å².